The Morgan fingerprint density at radius 3 is 2.80 bits per heavy atom. The summed E-state index contributed by atoms with van der Waals surface area (Å²) in [4.78, 5) is 37.7. The molecular formula is C22H27N5O3. The Kier molecular flexibility index (Phi) is 5.42. The van der Waals surface area contributed by atoms with Crippen molar-refractivity contribution in [2.24, 2.45) is 10.9 Å². The Balaban J connectivity index is 1.65. The molecule has 1 fully saturated rings. The number of hydrogen-bond acceptors (Lipinski definition) is 6. The summed E-state index contributed by atoms with van der Waals surface area (Å²) in [6.07, 6.45) is 3.57. The molecular weight excluding hydrogens is 382 g/mol. The minimum atomic E-state index is -0.735. The number of carboxylic acids is 1. The first-order chi connectivity index (χ1) is 14.3. The summed E-state index contributed by atoms with van der Waals surface area (Å²) < 4.78 is 0. The third kappa shape index (κ3) is 3.75. The number of fused-ring (bicyclic) bond motifs is 2. The SMILES string of the molecule is C=c1nc2c(c(=O)[nH]1)=Nc1cc(C)c(C)cc1N2CCNC1CCCCC1C(=O)O. The van der Waals surface area contributed by atoms with Crippen LogP contribution in [0.15, 0.2) is 21.9 Å². The Bertz CT molecular complexity index is 1160. The van der Waals surface area contributed by atoms with E-state index in [0.717, 1.165) is 41.8 Å². The highest BCUT2D eigenvalue weighted by Crippen LogP contribution is 2.36. The second-order valence-corrected chi connectivity index (χ2v) is 8.16. The highest BCUT2D eigenvalue weighted by atomic mass is 16.4. The van der Waals surface area contributed by atoms with E-state index in [-0.39, 0.29) is 28.4 Å². The van der Waals surface area contributed by atoms with Crippen LogP contribution in [-0.2, 0) is 4.79 Å². The van der Waals surface area contributed by atoms with Crippen molar-refractivity contribution < 1.29 is 9.90 Å². The fraction of sp³-hybridized carbons (Fsp3) is 0.455. The molecule has 158 valence electrons. The van der Waals surface area contributed by atoms with E-state index in [1.54, 1.807) is 0 Å². The van der Waals surface area contributed by atoms with Crippen LogP contribution in [0.4, 0.5) is 17.2 Å². The van der Waals surface area contributed by atoms with Crippen LogP contribution in [0, 0.1) is 19.8 Å². The van der Waals surface area contributed by atoms with Gasteiger partial charge in [-0.1, -0.05) is 19.4 Å². The molecule has 1 aliphatic carbocycles. The first-order valence-electron chi connectivity index (χ1n) is 10.4. The standard InChI is InChI=1S/C22H27N5O3/c1-12-10-17-18(11-13(12)2)27(20-19(26-17)21(28)25-14(3)24-20)9-8-23-16-7-5-4-6-15(16)22(29)30/h10-11,15-16,23H,3-9H2,1-2H3,(H,25,28)(H,29,30). The maximum absolute atomic E-state index is 12.5. The lowest BCUT2D eigenvalue weighted by atomic mass is 9.84. The highest BCUT2D eigenvalue weighted by Gasteiger charge is 2.31. The number of carbonyl (C=O) groups is 1. The van der Waals surface area contributed by atoms with Gasteiger partial charge in [-0.3, -0.25) is 9.59 Å². The predicted molar refractivity (Wildman–Crippen MR) is 115 cm³/mol. The lowest BCUT2D eigenvalue weighted by molar-refractivity contribution is -0.143. The summed E-state index contributed by atoms with van der Waals surface area (Å²) in [6, 6.07) is 4.00. The summed E-state index contributed by atoms with van der Waals surface area (Å²) in [6.45, 7) is 8.95. The van der Waals surface area contributed by atoms with Gasteiger partial charge in [0.15, 0.2) is 11.2 Å². The number of carboxylic acid groups (broad SMARTS) is 1. The van der Waals surface area contributed by atoms with Gasteiger partial charge in [0.05, 0.1) is 17.3 Å². The number of rotatable bonds is 5. The number of benzene rings is 1. The van der Waals surface area contributed by atoms with Crippen molar-refractivity contribution in [3.63, 3.8) is 0 Å². The van der Waals surface area contributed by atoms with Gasteiger partial charge in [-0.15, -0.1) is 0 Å². The maximum atomic E-state index is 12.5. The zero-order chi connectivity index (χ0) is 21.4. The predicted octanol–water partition coefficient (Wildman–Crippen LogP) is 1.43. The number of aromatic amines is 1. The molecule has 8 heteroatoms. The zero-order valence-electron chi connectivity index (χ0n) is 17.4. The molecule has 2 aliphatic rings. The number of hydrogen-bond donors (Lipinski definition) is 3. The summed E-state index contributed by atoms with van der Waals surface area (Å²) in [7, 11) is 0. The molecule has 0 spiro atoms. The van der Waals surface area contributed by atoms with Crippen molar-refractivity contribution >= 4 is 29.7 Å². The molecule has 1 saturated carbocycles. The van der Waals surface area contributed by atoms with Crippen LogP contribution < -0.4 is 26.6 Å². The number of nitrogens with zero attached hydrogens (tertiary/aromatic N) is 3. The number of aryl methyl sites for hydroxylation is 2. The minimum Gasteiger partial charge on any atom is -0.481 e. The monoisotopic (exact) mass is 409 g/mol. The van der Waals surface area contributed by atoms with Gasteiger partial charge in [0.2, 0.25) is 0 Å². The maximum Gasteiger partial charge on any atom is 0.308 e. The number of H-pyrrole nitrogens is 1. The van der Waals surface area contributed by atoms with E-state index in [1.165, 1.54) is 0 Å². The van der Waals surface area contributed by atoms with E-state index in [2.05, 4.69) is 32.9 Å². The smallest absolute Gasteiger partial charge is 0.308 e. The Morgan fingerprint density at radius 1 is 1.30 bits per heavy atom. The normalized spacial score (nSPS) is 20.3. The van der Waals surface area contributed by atoms with Crippen molar-refractivity contribution in [3.8, 4) is 0 Å². The Hall–Kier alpha value is -3.00. The number of anilines is 2. The molecule has 0 bridgehead atoms. The van der Waals surface area contributed by atoms with Gasteiger partial charge >= 0.3 is 5.97 Å². The van der Waals surface area contributed by atoms with Crippen LogP contribution in [0.2, 0.25) is 0 Å². The molecule has 3 N–H and O–H groups in total. The molecule has 8 nitrogen and oxygen atoms in total. The first kappa shape index (κ1) is 20.3. The molecule has 2 unspecified atom stereocenters. The van der Waals surface area contributed by atoms with Crippen LogP contribution in [0.25, 0.3) is 6.58 Å². The fourth-order valence-electron chi connectivity index (χ4n) is 4.37. The number of nitrogens with one attached hydrogen (secondary N) is 2. The van der Waals surface area contributed by atoms with Gasteiger partial charge in [0, 0.05) is 19.1 Å². The van der Waals surface area contributed by atoms with Gasteiger partial charge in [0.25, 0.3) is 5.56 Å². The van der Waals surface area contributed by atoms with Crippen LogP contribution >= 0.6 is 0 Å². The van der Waals surface area contributed by atoms with Gasteiger partial charge < -0.3 is 20.3 Å². The fourth-order valence-corrected chi connectivity index (χ4v) is 4.37. The largest absolute Gasteiger partial charge is 0.481 e. The second kappa shape index (κ2) is 8.02. The molecule has 1 aromatic heterocycles. The van der Waals surface area contributed by atoms with Gasteiger partial charge in [0.1, 0.15) is 5.48 Å². The zero-order valence-corrected chi connectivity index (χ0v) is 17.4. The molecule has 2 atom stereocenters. The van der Waals surface area contributed by atoms with Crippen LogP contribution in [0.5, 0.6) is 0 Å². The Morgan fingerprint density at radius 2 is 2.03 bits per heavy atom. The van der Waals surface area contributed by atoms with Crippen LogP contribution in [-0.4, -0.2) is 40.2 Å². The van der Waals surface area contributed by atoms with Gasteiger partial charge in [-0.2, -0.15) is 0 Å². The third-order valence-corrected chi connectivity index (χ3v) is 6.12. The van der Waals surface area contributed by atoms with E-state index < -0.39 is 5.97 Å². The van der Waals surface area contributed by atoms with E-state index in [4.69, 9.17) is 0 Å². The molecule has 0 amide bonds. The van der Waals surface area contributed by atoms with Gasteiger partial charge in [-0.25, -0.2) is 9.98 Å². The second-order valence-electron chi connectivity index (χ2n) is 8.16. The molecule has 1 aromatic carbocycles. The average molecular weight is 409 g/mol. The lowest BCUT2D eigenvalue weighted by Gasteiger charge is -2.32. The van der Waals surface area contributed by atoms with Crippen LogP contribution in [0.3, 0.4) is 0 Å². The quantitative estimate of drug-likeness (QED) is 0.689. The Labute approximate surface area is 174 Å². The number of aromatic nitrogens is 2. The summed E-state index contributed by atoms with van der Waals surface area (Å²) in [5, 5.41) is 13.2. The molecule has 1 aliphatic heterocycles. The van der Waals surface area contributed by atoms with Crippen molar-refractivity contribution in [2.45, 2.75) is 45.6 Å². The average Bonchev–Trinajstić information content (AvgIpc) is 2.70. The van der Waals surface area contributed by atoms with E-state index in [9.17, 15) is 14.7 Å². The topological polar surface area (TPSA) is 111 Å². The van der Waals surface area contributed by atoms with Gasteiger partial charge in [-0.05, 0) is 49.9 Å². The van der Waals surface area contributed by atoms with Crippen molar-refractivity contribution in [3.05, 3.63) is 44.5 Å². The molecule has 30 heavy (non-hydrogen) atoms. The van der Waals surface area contributed by atoms with Crippen molar-refractivity contribution in [2.75, 3.05) is 18.0 Å². The van der Waals surface area contributed by atoms with E-state index in [1.807, 2.05) is 24.8 Å². The summed E-state index contributed by atoms with van der Waals surface area (Å²) in [5.74, 6) is -0.604. The van der Waals surface area contributed by atoms with E-state index >= 15 is 0 Å². The molecule has 2 heterocycles. The lowest BCUT2D eigenvalue weighted by Crippen LogP contribution is -2.47. The molecule has 2 aromatic rings. The van der Waals surface area contributed by atoms with Crippen molar-refractivity contribution in [1.82, 2.24) is 15.3 Å². The summed E-state index contributed by atoms with van der Waals surface area (Å²) in [5.41, 5.74) is 3.83. The third-order valence-electron chi connectivity index (χ3n) is 6.12. The number of aliphatic carboxylic acids is 1. The van der Waals surface area contributed by atoms with E-state index in [0.29, 0.717) is 25.3 Å². The van der Waals surface area contributed by atoms with Crippen molar-refractivity contribution in [1.29, 1.82) is 0 Å². The minimum absolute atomic E-state index is 0.0417. The molecule has 0 radical (unpaired) electrons. The summed E-state index contributed by atoms with van der Waals surface area (Å²) >= 11 is 0. The molecule has 0 saturated heterocycles. The first-order valence-corrected chi connectivity index (χ1v) is 10.4. The highest BCUT2D eigenvalue weighted by molar-refractivity contribution is 5.77. The molecule has 4 rings (SSSR count). The van der Waals surface area contributed by atoms with Crippen LogP contribution in [0.1, 0.15) is 36.8 Å².